The van der Waals surface area contributed by atoms with Crippen LogP contribution in [0.4, 0.5) is 4.39 Å². The standard InChI is InChI=1S/C18H21FN4O/c1-22(2)12-15-8-9-20-17(21-15)16-7-4-10-23(16)18(24)13-5-3-6-14(19)11-13/h3,5-6,8-9,11,16H,4,7,10,12H2,1-2H3/t16-/m1/s1. The van der Waals surface area contributed by atoms with Gasteiger partial charge in [0, 0.05) is 24.8 Å². The molecule has 0 spiro atoms. The average Bonchev–Trinajstić information content (AvgIpc) is 3.03. The molecule has 126 valence electrons. The molecule has 1 fully saturated rings. The smallest absolute Gasteiger partial charge is 0.254 e. The van der Waals surface area contributed by atoms with Gasteiger partial charge in [0.2, 0.25) is 0 Å². The zero-order valence-electron chi connectivity index (χ0n) is 13.9. The van der Waals surface area contributed by atoms with E-state index in [2.05, 4.69) is 9.97 Å². The van der Waals surface area contributed by atoms with Crippen LogP contribution in [0.1, 0.15) is 40.8 Å². The molecule has 2 aromatic rings. The molecular weight excluding hydrogens is 307 g/mol. The van der Waals surface area contributed by atoms with Crippen molar-refractivity contribution in [2.24, 2.45) is 0 Å². The molecule has 1 saturated heterocycles. The second-order valence-electron chi connectivity index (χ2n) is 6.31. The van der Waals surface area contributed by atoms with Gasteiger partial charge in [-0.1, -0.05) is 6.07 Å². The summed E-state index contributed by atoms with van der Waals surface area (Å²) in [6.07, 6.45) is 3.46. The molecule has 1 aliphatic heterocycles. The molecule has 1 atom stereocenters. The minimum absolute atomic E-state index is 0.150. The van der Waals surface area contributed by atoms with E-state index in [4.69, 9.17) is 0 Å². The van der Waals surface area contributed by atoms with Crippen molar-refractivity contribution in [1.29, 1.82) is 0 Å². The number of benzene rings is 1. The first-order valence-corrected chi connectivity index (χ1v) is 8.07. The molecule has 0 bridgehead atoms. The van der Waals surface area contributed by atoms with Crippen molar-refractivity contribution in [2.75, 3.05) is 20.6 Å². The molecule has 0 radical (unpaired) electrons. The summed E-state index contributed by atoms with van der Waals surface area (Å²) < 4.78 is 13.4. The van der Waals surface area contributed by atoms with Crippen LogP contribution in [0, 0.1) is 5.82 Å². The molecule has 1 aromatic heterocycles. The third-order valence-corrected chi connectivity index (χ3v) is 4.09. The molecule has 1 amide bonds. The number of likely N-dealkylation sites (tertiary alicyclic amines) is 1. The topological polar surface area (TPSA) is 49.3 Å². The normalized spacial score (nSPS) is 17.5. The zero-order chi connectivity index (χ0) is 17.1. The predicted octanol–water partition coefficient (Wildman–Crippen LogP) is 2.65. The highest BCUT2D eigenvalue weighted by Gasteiger charge is 2.32. The van der Waals surface area contributed by atoms with Gasteiger partial charge in [0.05, 0.1) is 11.7 Å². The fraction of sp³-hybridized carbons (Fsp3) is 0.389. The van der Waals surface area contributed by atoms with E-state index >= 15 is 0 Å². The molecule has 0 saturated carbocycles. The first-order chi connectivity index (χ1) is 11.5. The number of rotatable bonds is 4. The Balaban J connectivity index is 1.84. The van der Waals surface area contributed by atoms with Crippen LogP contribution in [0.15, 0.2) is 36.5 Å². The number of amides is 1. The molecule has 24 heavy (non-hydrogen) atoms. The molecule has 3 rings (SSSR count). The van der Waals surface area contributed by atoms with E-state index in [1.165, 1.54) is 12.1 Å². The molecule has 0 aliphatic carbocycles. The number of halogens is 1. The van der Waals surface area contributed by atoms with Crippen LogP contribution < -0.4 is 0 Å². The van der Waals surface area contributed by atoms with Gasteiger partial charge < -0.3 is 9.80 Å². The van der Waals surface area contributed by atoms with Gasteiger partial charge in [-0.15, -0.1) is 0 Å². The first-order valence-electron chi connectivity index (χ1n) is 8.07. The summed E-state index contributed by atoms with van der Waals surface area (Å²) in [5.74, 6) is 0.0936. The van der Waals surface area contributed by atoms with E-state index in [9.17, 15) is 9.18 Å². The maximum atomic E-state index is 13.4. The van der Waals surface area contributed by atoms with Gasteiger partial charge in [0.15, 0.2) is 5.82 Å². The number of aromatic nitrogens is 2. The second kappa shape index (κ2) is 7.05. The number of hydrogen-bond donors (Lipinski definition) is 0. The number of hydrogen-bond acceptors (Lipinski definition) is 4. The molecular formula is C18H21FN4O. The lowest BCUT2D eigenvalue weighted by Gasteiger charge is -2.24. The fourth-order valence-corrected chi connectivity index (χ4v) is 3.05. The van der Waals surface area contributed by atoms with Crippen molar-refractivity contribution in [2.45, 2.75) is 25.4 Å². The lowest BCUT2D eigenvalue weighted by Crippen LogP contribution is -2.31. The number of carbonyl (C=O) groups is 1. The van der Waals surface area contributed by atoms with Gasteiger partial charge >= 0.3 is 0 Å². The minimum atomic E-state index is -0.402. The van der Waals surface area contributed by atoms with Crippen LogP contribution in [0.2, 0.25) is 0 Å². The number of nitrogens with zero attached hydrogens (tertiary/aromatic N) is 4. The van der Waals surface area contributed by atoms with Gasteiger partial charge in [-0.2, -0.15) is 0 Å². The summed E-state index contributed by atoms with van der Waals surface area (Å²) in [5.41, 5.74) is 1.29. The highest BCUT2D eigenvalue weighted by Crippen LogP contribution is 2.31. The summed E-state index contributed by atoms with van der Waals surface area (Å²) >= 11 is 0. The van der Waals surface area contributed by atoms with Gasteiger partial charge in [-0.25, -0.2) is 14.4 Å². The number of carbonyl (C=O) groups excluding carboxylic acids is 1. The molecule has 5 nitrogen and oxygen atoms in total. The average molecular weight is 328 g/mol. The Labute approximate surface area is 141 Å². The first kappa shape index (κ1) is 16.5. The lowest BCUT2D eigenvalue weighted by molar-refractivity contribution is 0.0729. The molecule has 6 heteroatoms. The summed E-state index contributed by atoms with van der Waals surface area (Å²) in [6.45, 7) is 1.36. The fourth-order valence-electron chi connectivity index (χ4n) is 3.05. The van der Waals surface area contributed by atoms with E-state index in [1.54, 1.807) is 23.2 Å². The van der Waals surface area contributed by atoms with Crippen LogP contribution in [0.5, 0.6) is 0 Å². The summed E-state index contributed by atoms with van der Waals surface area (Å²) in [5, 5.41) is 0. The molecule has 1 aromatic carbocycles. The maximum Gasteiger partial charge on any atom is 0.254 e. The third kappa shape index (κ3) is 3.59. The Hall–Kier alpha value is -2.34. The Morgan fingerprint density at radius 3 is 2.96 bits per heavy atom. The molecule has 1 aliphatic rings. The van der Waals surface area contributed by atoms with E-state index < -0.39 is 5.82 Å². The van der Waals surface area contributed by atoms with Crippen LogP contribution in [-0.4, -0.2) is 46.3 Å². The Kier molecular flexibility index (Phi) is 4.85. The molecule has 0 unspecified atom stereocenters. The highest BCUT2D eigenvalue weighted by molar-refractivity contribution is 5.94. The van der Waals surface area contributed by atoms with Crippen molar-refractivity contribution in [3.63, 3.8) is 0 Å². The molecule has 2 heterocycles. The van der Waals surface area contributed by atoms with Gasteiger partial charge in [-0.05, 0) is 51.2 Å². The quantitative estimate of drug-likeness (QED) is 0.866. The van der Waals surface area contributed by atoms with Gasteiger partial charge in [0.1, 0.15) is 5.82 Å². The van der Waals surface area contributed by atoms with E-state index in [0.29, 0.717) is 17.9 Å². The van der Waals surface area contributed by atoms with Crippen molar-refractivity contribution >= 4 is 5.91 Å². The van der Waals surface area contributed by atoms with E-state index in [-0.39, 0.29) is 11.9 Å². The van der Waals surface area contributed by atoms with E-state index in [0.717, 1.165) is 25.1 Å². The summed E-state index contributed by atoms with van der Waals surface area (Å²) in [4.78, 5) is 25.5. The lowest BCUT2D eigenvalue weighted by atomic mass is 10.1. The van der Waals surface area contributed by atoms with Crippen molar-refractivity contribution in [3.8, 4) is 0 Å². The Bertz CT molecular complexity index is 734. The predicted molar refractivity (Wildman–Crippen MR) is 88.8 cm³/mol. The van der Waals surface area contributed by atoms with Crippen LogP contribution >= 0.6 is 0 Å². The third-order valence-electron chi connectivity index (χ3n) is 4.09. The summed E-state index contributed by atoms with van der Waals surface area (Å²) in [7, 11) is 3.97. The second-order valence-corrected chi connectivity index (χ2v) is 6.31. The monoisotopic (exact) mass is 328 g/mol. The maximum absolute atomic E-state index is 13.4. The molecule has 0 N–H and O–H groups in total. The Morgan fingerprint density at radius 2 is 2.21 bits per heavy atom. The highest BCUT2D eigenvalue weighted by atomic mass is 19.1. The van der Waals surface area contributed by atoms with Gasteiger partial charge in [0.25, 0.3) is 5.91 Å². The van der Waals surface area contributed by atoms with Crippen LogP contribution in [-0.2, 0) is 6.54 Å². The van der Waals surface area contributed by atoms with Crippen LogP contribution in [0.3, 0.4) is 0 Å². The van der Waals surface area contributed by atoms with Crippen molar-refractivity contribution in [3.05, 3.63) is 59.4 Å². The van der Waals surface area contributed by atoms with Crippen LogP contribution in [0.25, 0.3) is 0 Å². The van der Waals surface area contributed by atoms with E-state index in [1.807, 2.05) is 25.1 Å². The Morgan fingerprint density at radius 1 is 1.38 bits per heavy atom. The van der Waals surface area contributed by atoms with Crippen molar-refractivity contribution in [1.82, 2.24) is 19.8 Å². The summed E-state index contributed by atoms with van der Waals surface area (Å²) in [6, 6.07) is 7.55. The minimum Gasteiger partial charge on any atom is -0.328 e. The van der Waals surface area contributed by atoms with Gasteiger partial charge in [-0.3, -0.25) is 4.79 Å². The largest absolute Gasteiger partial charge is 0.328 e. The zero-order valence-corrected chi connectivity index (χ0v) is 13.9. The van der Waals surface area contributed by atoms with Crippen molar-refractivity contribution < 1.29 is 9.18 Å². The SMILES string of the molecule is CN(C)Cc1ccnc([C@H]2CCCN2C(=O)c2cccc(F)c2)n1.